The highest BCUT2D eigenvalue weighted by molar-refractivity contribution is 5.89. The van der Waals surface area contributed by atoms with Crippen molar-refractivity contribution in [1.82, 2.24) is 10.2 Å². The first kappa shape index (κ1) is 13.3. The molecule has 102 valence electrons. The first-order valence-electron chi connectivity index (χ1n) is 6.62. The quantitative estimate of drug-likeness (QED) is 0.733. The van der Waals surface area contributed by atoms with Gasteiger partial charge in [0.15, 0.2) is 0 Å². The number of likely N-dealkylation sites (tertiary alicyclic amines) is 1. The molecule has 5 heteroatoms. The van der Waals surface area contributed by atoms with Gasteiger partial charge in [0.05, 0.1) is 18.1 Å². The summed E-state index contributed by atoms with van der Waals surface area (Å²) in [5.41, 5.74) is -0.621. The Hall–Kier alpha value is -1.10. The van der Waals surface area contributed by atoms with Crippen LogP contribution in [0.15, 0.2) is 0 Å². The van der Waals surface area contributed by atoms with Crippen LogP contribution >= 0.6 is 0 Å². The zero-order chi connectivity index (χ0) is 13.3. The van der Waals surface area contributed by atoms with Crippen molar-refractivity contribution in [2.24, 2.45) is 11.8 Å². The van der Waals surface area contributed by atoms with Crippen LogP contribution in [0.4, 0.5) is 0 Å². The van der Waals surface area contributed by atoms with Crippen LogP contribution in [0.1, 0.15) is 33.1 Å². The van der Waals surface area contributed by atoms with Crippen molar-refractivity contribution in [2.45, 2.75) is 38.6 Å². The largest absolute Gasteiger partial charge is 0.394 e. The van der Waals surface area contributed by atoms with E-state index in [4.69, 9.17) is 5.11 Å². The van der Waals surface area contributed by atoms with E-state index < -0.39 is 5.54 Å². The first-order valence-corrected chi connectivity index (χ1v) is 6.62. The van der Waals surface area contributed by atoms with Crippen LogP contribution in [-0.4, -0.2) is 47.1 Å². The zero-order valence-corrected chi connectivity index (χ0v) is 11.1. The molecule has 0 aromatic rings. The highest BCUT2D eigenvalue weighted by Crippen LogP contribution is 2.32. The van der Waals surface area contributed by atoms with Gasteiger partial charge in [-0.3, -0.25) is 9.59 Å². The standard InChI is InChI=1S/C13H22N2O3/c1-13(2,8-16)14-12(18)10-5-11(17)15(7-10)6-9-3-4-9/h9-10,16H,3-8H2,1-2H3,(H,14,18). The molecule has 2 rings (SSSR count). The van der Waals surface area contributed by atoms with E-state index in [-0.39, 0.29) is 24.3 Å². The maximum absolute atomic E-state index is 12.0. The van der Waals surface area contributed by atoms with Crippen molar-refractivity contribution in [3.05, 3.63) is 0 Å². The fourth-order valence-corrected chi connectivity index (χ4v) is 2.21. The molecule has 18 heavy (non-hydrogen) atoms. The molecule has 1 aliphatic heterocycles. The minimum absolute atomic E-state index is 0.0869. The number of aliphatic hydroxyl groups is 1. The Morgan fingerprint density at radius 3 is 2.72 bits per heavy atom. The third-order valence-corrected chi connectivity index (χ3v) is 3.62. The summed E-state index contributed by atoms with van der Waals surface area (Å²) in [5.74, 6) is 0.358. The summed E-state index contributed by atoms with van der Waals surface area (Å²) in [7, 11) is 0. The molecular weight excluding hydrogens is 232 g/mol. The lowest BCUT2D eigenvalue weighted by Gasteiger charge is -2.25. The van der Waals surface area contributed by atoms with Crippen LogP contribution in [0.3, 0.4) is 0 Å². The first-order chi connectivity index (χ1) is 8.41. The van der Waals surface area contributed by atoms with Crippen LogP contribution in [0.5, 0.6) is 0 Å². The number of carbonyl (C=O) groups is 2. The fraction of sp³-hybridized carbons (Fsp3) is 0.846. The molecule has 1 atom stereocenters. The molecule has 1 saturated heterocycles. The van der Waals surface area contributed by atoms with E-state index in [0.717, 1.165) is 6.54 Å². The van der Waals surface area contributed by atoms with E-state index in [1.54, 1.807) is 13.8 Å². The van der Waals surface area contributed by atoms with Crippen molar-refractivity contribution in [3.8, 4) is 0 Å². The topological polar surface area (TPSA) is 69.6 Å². The van der Waals surface area contributed by atoms with E-state index >= 15 is 0 Å². The van der Waals surface area contributed by atoms with Crippen molar-refractivity contribution >= 4 is 11.8 Å². The molecule has 2 aliphatic rings. The molecule has 2 amide bonds. The third-order valence-electron chi connectivity index (χ3n) is 3.62. The second-order valence-corrected chi connectivity index (χ2v) is 6.17. The van der Waals surface area contributed by atoms with Gasteiger partial charge in [0.1, 0.15) is 0 Å². The molecule has 0 spiro atoms. The molecule has 1 unspecified atom stereocenters. The Morgan fingerprint density at radius 2 is 2.17 bits per heavy atom. The van der Waals surface area contributed by atoms with Crippen LogP contribution in [0.2, 0.25) is 0 Å². The van der Waals surface area contributed by atoms with Gasteiger partial charge in [-0.15, -0.1) is 0 Å². The van der Waals surface area contributed by atoms with Crippen molar-refractivity contribution in [1.29, 1.82) is 0 Å². The lowest BCUT2D eigenvalue weighted by atomic mass is 10.0. The normalized spacial score (nSPS) is 24.5. The Morgan fingerprint density at radius 1 is 1.50 bits per heavy atom. The number of nitrogens with zero attached hydrogens (tertiary/aromatic N) is 1. The average molecular weight is 254 g/mol. The molecule has 1 heterocycles. The van der Waals surface area contributed by atoms with E-state index in [9.17, 15) is 9.59 Å². The summed E-state index contributed by atoms with van der Waals surface area (Å²) in [4.78, 5) is 25.6. The number of rotatable bonds is 5. The molecule has 1 aliphatic carbocycles. The summed E-state index contributed by atoms with van der Waals surface area (Å²) in [5, 5.41) is 11.9. The second kappa shape index (κ2) is 4.88. The van der Waals surface area contributed by atoms with Gasteiger partial charge in [0.25, 0.3) is 0 Å². The van der Waals surface area contributed by atoms with Crippen molar-refractivity contribution < 1.29 is 14.7 Å². The molecule has 2 fully saturated rings. The molecule has 0 aromatic carbocycles. The van der Waals surface area contributed by atoms with Gasteiger partial charge in [0.2, 0.25) is 11.8 Å². The monoisotopic (exact) mass is 254 g/mol. The molecular formula is C13H22N2O3. The lowest BCUT2D eigenvalue weighted by molar-refractivity contribution is -0.129. The predicted octanol–water partition coefficient (Wildman–Crippen LogP) is 0.132. The summed E-state index contributed by atoms with van der Waals surface area (Å²) in [6.07, 6.45) is 2.72. The maximum atomic E-state index is 12.0. The molecule has 5 nitrogen and oxygen atoms in total. The highest BCUT2D eigenvalue weighted by Gasteiger charge is 2.38. The maximum Gasteiger partial charge on any atom is 0.225 e. The number of amides is 2. The molecule has 2 N–H and O–H groups in total. The highest BCUT2D eigenvalue weighted by atomic mass is 16.3. The van der Waals surface area contributed by atoms with Gasteiger partial charge in [-0.05, 0) is 32.6 Å². The summed E-state index contributed by atoms with van der Waals surface area (Å²) in [6.45, 7) is 4.77. The number of aliphatic hydroxyl groups excluding tert-OH is 1. The minimum Gasteiger partial charge on any atom is -0.394 e. The van der Waals surface area contributed by atoms with Crippen LogP contribution in [0.25, 0.3) is 0 Å². The fourth-order valence-electron chi connectivity index (χ4n) is 2.21. The Kier molecular flexibility index (Phi) is 3.61. The Bertz CT molecular complexity index is 350. The SMILES string of the molecule is CC(C)(CO)NC(=O)C1CC(=O)N(CC2CC2)C1. The van der Waals surface area contributed by atoms with E-state index in [1.165, 1.54) is 12.8 Å². The summed E-state index contributed by atoms with van der Waals surface area (Å²) >= 11 is 0. The van der Waals surface area contributed by atoms with Gasteiger partial charge < -0.3 is 15.3 Å². The number of nitrogens with one attached hydrogen (secondary N) is 1. The van der Waals surface area contributed by atoms with Crippen LogP contribution in [-0.2, 0) is 9.59 Å². The summed E-state index contributed by atoms with van der Waals surface area (Å²) < 4.78 is 0. The minimum atomic E-state index is -0.621. The van der Waals surface area contributed by atoms with Crippen molar-refractivity contribution in [3.63, 3.8) is 0 Å². The zero-order valence-electron chi connectivity index (χ0n) is 11.1. The van der Waals surface area contributed by atoms with Gasteiger partial charge in [-0.2, -0.15) is 0 Å². The third kappa shape index (κ3) is 3.22. The summed E-state index contributed by atoms with van der Waals surface area (Å²) in [6, 6.07) is 0. The van der Waals surface area contributed by atoms with E-state index in [1.807, 2.05) is 4.90 Å². The number of hydrogen-bond acceptors (Lipinski definition) is 3. The van der Waals surface area contributed by atoms with Crippen LogP contribution in [0, 0.1) is 11.8 Å². The molecule has 1 saturated carbocycles. The van der Waals surface area contributed by atoms with Crippen molar-refractivity contribution in [2.75, 3.05) is 19.7 Å². The van der Waals surface area contributed by atoms with Gasteiger partial charge in [-0.1, -0.05) is 0 Å². The molecule has 0 radical (unpaired) electrons. The Balaban J connectivity index is 1.86. The van der Waals surface area contributed by atoms with Crippen LogP contribution < -0.4 is 5.32 Å². The Labute approximate surface area is 108 Å². The lowest BCUT2D eigenvalue weighted by Crippen LogP contribution is -2.49. The smallest absolute Gasteiger partial charge is 0.225 e. The number of hydrogen-bond donors (Lipinski definition) is 2. The average Bonchev–Trinajstić information content (AvgIpc) is 3.03. The van der Waals surface area contributed by atoms with E-state index in [2.05, 4.69) is 5.32 Å². The molecule has 0 aromatic heterocycles. The van der Waals surface area contributed by atoms with E-state index in [0.29, 0.717) is 18.9 Å². The molecule has 0 bridgehead atoms. The van der Waals surface area contributed by atoms with Gasteiger partial charge in [0, 0.05) is 19.5 Å². The van der Waals surface area contributed by atoms with Gasteiger partial charge >= 0.3 is 0 Å². The predicted molar refractivity (Wildman–Crippen MR) is 66.7 cm³/mol. The number of carbonyl (C=O) groups excluding carboxylic acids is 2. The second-order valence-electron chi connectivity index (χ2n) is 6.17. The van der Waals surface area contributed by atoms with Gasteiger partial charge in [-0.25, -0.2) is 0 Å².